The zero-order chi connectivity index (χ0) is 29.8. The van der Waals surface area contributed by atoms with Gasteiger partial charge >= 0.3 is 6.03 Å². The van der Waals surface area contributed by atoms with Crippen LogP contribution >= 0.6 is 11.3 Å². The van der Waals surface area contributed by atoms with E-state index in [9.17, 15) is 14.4 Å². The average Bonchev–Trinajstić information content (AvgIpc) is 3.38. The number of nitrogens with zero attached hydrogens (tertiary/aromatic N) is 3. The minimum Gasteiger partial charge on any atom is -0.457 e. The second-order valence-electron chi connectivity index (χ2n) is 9.65. The number of urea groups is 1. The average molecular weight is 582 g/mol. The molecule has 1 unspecified atom stereocenters. The van der Waals surface area contributed by atoms with E-state index in [-0.39, 0.29) is 23.9 Å². The van der Waals surface area contributed by atoms with Gasteiger partial charge in [-0.3, -0.25) is 14.5 Å². The molecule has 2 aromatic heterocycles. The quantitative estimate of drug-likeness (QED) is 0.263. The van der Waals surface area contributed by atoms with Gasteiger partial charge in [0.2, 0.25) is 0 Å². The van der Waals surface area contributed by atoms with Crippen LogP contribution in [0.15, 0.2) is 60.8 Å². The lowest BCUT2D eigenvalue weighted by molar-refractivity contribution is -0.126. The Kier molecular flexibility index (Phi) is 8.41. The van der Waals surface area contributed by atoms with Crippen LogP contribution in [0.3, 0.4) is 0 Å². The molecule has 9 nitrogen and oxygen atoms in total. The number of aromatic nitrogens is 1. The highest BCUT2D eigenvalue weighted by Crippen LogP contribution is 2.46. The van der Waals surface area contributed by atoms with Gasteiger partial charge in [0, 0.05) is 25.3 Å². The largest absolute Gasteiger partial charge is 0.457 e. The summed E-state index contributed by atoms with van der Waals surface area (Å²) in [6, 6.07) is 16.2. The number of rotatable bonds is 5. The third-order valence-corrected chi connectivity index (χ3v) is 8.10. The summed E-state index contributed by atoms with van der Waals surface area (Å²) in [7, 11) is 0. The molecular weight excluding hydrogens is 550 g/mol. The van der Waals surface area contributed by atoms with Crippen molar-refractivity contribution < 1.29 is 19.1 Å². The van der Waals surface area contributed by atoms with Gasteiger partial charge in [-0.1, -0.05) is 32.0 Å². The van der Waals surface area contributed by atoms with Crippen molar-refractivity contribution in [2.75, 3.05) is 23.3 Å². The number of carbonyl (C=O) groups is 3. The predicted octanol–water partition coefficient (Wildman–Crippen LogP) is 6.46. The fraction of sp³-hybridized carbons (Fsp3) is 0.250. The van der Waals surface area contributed by atoms with Crippen molar-refractivity contribution in [3.05, 3.63) is 71.2 Å². The van der Waals surface area contributed by atoms with E-state index in [0.29, 0.717) is 51.0 Å². The van der Waals surface area contributed by atoms with Crippen LogP contribution in [0.1, 0.15) is 41.9 Å². The number of pyridine rings is 1. The number of likely N-dealkylation sites (tertiary alicyclic amines) is 1. The summed E-state index contributed by atoms with van der Waals surface area (Å²) in [5, 5.41) is 6.65. The number of hydrogen-bond acceptors (Lipinski definition) is 6. The molecule has 2 aliphatic heterocycles. The molecule has 4 heterocycles. The summed E-state index contributed by atoms with van der Waals surface area (Å²) < 4.78 is 5.96. The molecule has 0 aliphatic carbocycles. The molecule has 0 saturated carbocycles. The van der Waals surface area contributed by atoms with E-state index < -0.39 is 0 Å². The molecule has 1 atom stereocenters. The molecule has 1 fully saturated rings. The van der Waals surface area contributed by atoms with Crippen molar-refractivity contribution in [1.29, 1.82) is 0 Å². The Hall–Kier alpha value is -4.88. The number of aryl methyl sites for hydroxylation is 1. The smallest absolute Gasteiger partial charge is 0.331 e. The number of amides is 4. The van der Waals surface area contributed by atoms with Gasteiger partial charge in [0.15, 0.2) is 0 Å². The first-order chi connectivity index (χ1) is 20.4. The minimum atomic E-state index is -0.382. The summed E-state index contributed by atoms with van der Waals surface area (Å²) in [6.45, 7) is 6.84. The summed E-state index contributed by atoms with van der Waals surface area (Å²) in [5.41, 5.74) is 2.61. The van der Waals surface area contributed by atoms with E-state index in [2.05, 4.69) is 21.5 Å². The molecule has 4 aromatic rings. The predicted molar refractivity (Wildman–Crippen MR) is 166 cm³/mol. The van der Waals surface area contributed by atoms with E-state index in [1.807, 2.05) is 69.3 Å². The molecule has 42 heavy (non-hydrogen) atoms. The number of terminal acetylenes is 1. The number of carbonyl (C=O) groups excluding carboxylic acids is 3. The Labute approximate surface area is 248 Å². The standard InChI is InChI=1S/C30H25N5O4S.C2H6/c1-3-24(36)34-15-7-8-19(17-34)32-28(37)27-26-25-23(13-14-31-29(25)40-27)35(30(38)33-26)22-12-11-21(16-18(22)2)39-20-9-5-4-6-10-20;1-2/h1,4-6,9-14,16,19H,7-8,15,17H2,2H3,(H,32,37)(H,33,38);1-2H3. The van der Waals surface area contributed by atoms with Crippen molar-refractivity contribution in [1.82, 2.24) is 15.2 Å². The monoisotopic (exact) mass is 581 g/mol. The Bertz CT molecular complexity index is 1690. The van der Waals surface area contributed by atoms with Crippen LogP contribution in [0.5, 0.6) is 11.5 Å². The number of anilines is 3. The third kappa shape index (κ3) is 5.51. The molecule has 4 amide bonds. The first-order valence-corrected chi connectivity index (χ1v) is 14.7. The van der Waals surface area contributed by atoms with E-state index >= 15 is 0 Å². The van der Waals surface area contributed by atoms with Crippen LogP contribution in [0, 0.1) is 19.3 Å². The van der Waals surface area contributed by atoms with Gasteiger partial charge in [-0.2, -0.15) is 0 Å². The zero-order valence-corrected chi connectivity index (χ0v) is 24.5. The Morgan fingerprint density at radius 2 is 1.90 bits per heavy atom. The summed E-state index contributed by atoms with van der Waals surface area (Å²) in [6.07, 6.45) is 8.38. The van der Waals surface area contributed by atoms with Crippen LogP contribution < -0.4 is 20.3 Å². The Morgan fingerprint density at radius 3 is 2.64 bits per heavy atom. The van der Waals surface area contributed by atoms with Crippen LogP contribution in [0.4, 0.5) is 21.9 Å². The highest BCUT2D eigenvalue weighted by molar-refractivity contribution is 7.21. The lowest BCUT2D eigenvalue weighted by atomic mass is 10.1. The lowest BCUT2D eigenvalue weighted by Crippen LogP contribution is -2.49. The molecule has 10 heteroatoms. The number of ether oxygens (including phenoxy) is 1. The molecule has 0 bridgehead atoms. The van der Waals surface area contributed by atoms with Gasteiger partial charge in [-0.05, 0) is 67.6 Å². The fourth-order valence-electron chi connectivity index (χ4n) is 5.17. The normalized spacial score (nSPS) is 15.7. The number of piperidine rings is 1. The van der Waals surface area contributed by atoms with Gasteiger partial charge in [0.05, 0.1) is 22.4 Å². The molecule has 214 valence electrons. The number of benzene rings is 2. The Balaban J connectivity index is 0.00000173. The van der Waals surface area contributed by atoms with Crippen LogP contribution in [-0.2, 0) is 4.79 Å². The molecule has 1 saturated heterocycles. The van der Waals surface area contributed by atoms with Crippen LogP contribution in [0.2, 0.25) is 0 Å². The van der Waals surface area contributed by atoms with E-state index in [0.717, 1.165) is 24.2 Å². The first-order valence-electron chi connectivity index (χ1n) is 13.9. The molecule has 2 aliphatic rings. The topological polar surface area (TPSA) is 104 Å². The van der Waals surface area contributed by atoms with Crippen molar-refractivity contribution in [2.24, 2.45) is 0 Å². The Morgan fingerprint density at radius 1 is 1.12 bits per heavy atom. The van der Waals surface area contributed by atoms with Crippen molar-refractivity contribution in [3.63, 3.8) is 0 Å². The van der Waals surface area contributed by atoms with Gasteiger partial charge < -0.3 is 20.3 Å². The maximum Gasteiger partial charge on any atom is 0.331 e. The molecule has 6 rings (SSSR count). The van der Waals surface area contributed by atoms with Crippen molar-refractivity contribution in [2.45, 2.75) is 39.7 Å². The van der Waals surface area contributed by atoms with Crippen molar-refractivity contribution in [3.8, 4) is 23.8 Å². The summed E-state index contributed by atoms with van der Waals surface area (Å²) in [5.74, 6) is 2.81. The van der Waals surface area contributed by atoms with Gasteiger partial charge in [-0.15, -0.1) is 17.8 Å². The maximum atomic E-state index is 13.5. The summed E-state index contributed by atoms with van der Waals surface area (Å²) in [4.78, 5) is 47.5. The lowest BCUT2D eigenvalue weighted by Gasteiger charge is -2.32. The number of nitrogens with one attached hydrogen (secondary N) is 2. The van der Waals surface area contributed by atoms with E-state index in [1.54, 1.807) is 22.1 Å². The zero-order valence-electron chi connectivity index (χ0n) is 23.6. The molecule has 0 spiro atoms. The van der Waals surface area contributed by atoms with E-state index in [1.165, 1.54) is 11.3 Å². The third-order valence-electron chi connectivity index (χ3n) is 7.01. The number of thiophene rings is 1. The second kappa shape index (κ2) is 12.3. The summed E-state index contributed by atoms with van der Waals surface area (Å²) >= 11 is 1.22. The van der Waals surface area contributed by atoms with Gasteiger partial charge in [0.1, 0.15) is 21.2 Å². The van der Waals surface area contributed by atoms with Crippen LogP contribution in [0.25, 0.3) is 10.2 Å². The molecule has 2 aromatic carbocycles. The number of para-hydroxylation sites is 1. The molecular formula is C32H31N5O4S. The first kappa shape index (κ1) is 28.6. The SMILES string of the molecule is C#CC(=O)N1CCCC(NC(=O)c2sc3nccc4c3c2NC(=O)N4c2ccc(Oc3ccccc3)cc2C)C1.CC. The number of hydrogen-bond donors (Lipinski definition) is 2. The minimum absolute atomic E-state index is 0.238. The highest BCUT2D eigenvalue weighted by atomic mass is 32.1. The highest BCUT2D eigenvalue weighted by Gasteiger charge is 2.34. The molecule has 0 radical (unpaired) electrons. The van der Waals surface area contributed by atoms with Gasteiger partial charge in [-0.25, -0.2) is 9.78 Å². The van der Waals surface area contributed by atoms with Crippen molar-refractivity contribution >= 4 is 56.5 Å². The van der Waals surface area contributed by atoms with Crippen LogP contribution in [-0.4, -0.2) is 46.9 Å². The van der Waals surface area contributed by atoms with E-state index in [4.69, 9.17) is 11.2 Å². The fourth-order valence-corrected chi connectivity index (χ4v) is 6.19. The maximum absolute atomic E-state index is 13.5. The molecule has 2 N–H and O–H groups in total. The van der Waals surface area contributed by atoms with Gasteiger partial charge in [0.25, 0.3) is 11.8 Å². The second-order valence-corrected chi connectivity index (χ2v) is 10.7.